The van der Waals surface area contributed by atoms with Crippen molar-refractivity contribution in [2.24, 2.45) is 4.99 Å². The van der Waals surface area contributed by atoms with E-state index in [2.05, 4.69) is 20.9 Å². The van der Waals surface area contributed by atoms with E-state index in [1.165, 1.54) is 0 Å². The third-order valence-electron chi connectivity index (χ3n) is 4.52. The number of methoxy groups -OCH3 is 1. The number of hydrogen-bond acceptors (Lipinski definition) is 5. The van der Waals surface area contributed by atoms with Crippen LogP contribution in [-0.4, -0.2) is 19.0 Å². The molecule has 0 aliphatic carbocycles. The summed E-state index contributed by atoms with van der Waals surface area (Å²) in [6, 6.07) is 20.3. The molecule has 0 unspecified atom stereocenters. The zero-order chi connectivity index (χ0) is 21.8. The number of esters is 1. The van der Waals surface area contributed by atoms with Crippen LogP contribution in [0.5, 0.6) is 11.5 Å². The molecular formula is C24H17BrClNO4. The predicted octanol–water partition coefficient (Wildman–Crippen LogP) is 6.03. The van der Waals surface area contributed by atoms with E-state index < -0.39 is 5.97 Å². The largest absolute Gasteiger partial charge is 0.493 e. The van der Waals surface area contributed by atoms with Crippen LogP contribution in [0, 0.1) is 0 Å². The highest BCUT2D eigenvalue weighted by molar-refractivity contribution is 9.10. The lowest BCUT2D eigenvalue weighted by atomic mass is 10.1. The van der Waals surface area contributed by atoms with Gasteiger partial charge in [0.25, 0.3) is 0 Å². The van der Waals surface area contributed by atoms with Gasteiger partial charge in [0.15, 0.2) is 17.2 Å². The van der Waals surface area contributed by atoms with Crippen molar-refractivity contribution < 1.29 is 19.0 Å². The second-order valence-electron chi connectivity index (χ2n) is 6.64. The zero-order valence-electron chi connectivity index (χ0n) is 16.5. The molecule has 1 aliphatic rings. The Balaban J connectivity index is 1.54. The fraction of sp³-hybridized carbons (Fsp3) is 0.0833. The molecule has 1 aliphatic heterocycles. The summed E-state index contributed by atoms with van der Waals surface area (Å²) in [6.45, 7) is 0.375. The van der Waals surface area contributed by atoms with Gasteiger partial charge in [0.1, 0.15) is 6.61 Å². The minimum Gasteiger partial charge on any atom is -0.493 e. The van der Waals surface area contributed by atoms with Gasteiger partial charge in [-0.2, -0.15) is 0 Å². The molecule has 31 heavy (non-hydrogen) atoms. The number of nitrogens with zero attached hydrogens (tertiary/aromatic N) is 1. The summed E-state index contributed by atoms with van der Waals surface area (Å²) in [7, 11) is 1.56. The average molecular weight is 499 g/mol. The summed E-state index contributed by atoms with van der Waals surface area (Å²) in [5.41, 5.74) is 2.64. The van der Waals surface area contributed by atoms with Crippen LogP contribution in [0.4, 0.5) is 0 Å². The van der Waals surface area contributed by atoms with Gasteiger partial charge < -0.3 is 14.2 Å². The van der Waals surface area contributed by atoms with Crippen molar-refractivity contribution in [3.05, 3.63) is 98.6 Å². The van der Waals surface area contributed by atoms with Gasteiger partial charge >= 0.3 is 5.97 Å². The molecule has 0 bridgehead atoms. The molecule has 156 valence electrons. The standard InChI is InChI=1S/C24H17BrClNO4/c1-29-22-13-16(8-11-21(22)30-14-15-6-9-17(26)10-7-15)12-20-24(28)31-23(27-20)18-4-2-3-5-19(18)25/h2-13H,14H2,1H3/b20-12-. The smallest absolute Gasteiger partial charge is 0.363 e. The van der Waals surface area contributed by atoms with Crippen LogP contribution in [0.2, 0.25) is 5.02 Å². The van der Waals surface area contributed by atoms with Gasteiger partial charge in [0.2, 0.25) is 5.90 Å². The molecule has 0 amide bonds. The first-order valence-corrected chi connectivity index (χ1v) is 10.5. The number of aliphatic imine (C=N–C) groups is 1. The molecule has 4 rings (SSSR count). The first-order valence-electron chi connectivity index (χ1n) is 9.36. The van der Waals surface area contributed by atoms with Crippen molar-refractivity contribution in [2.45, 2.75) is 6.61 Å². The quantitative estimate of drug-likeness (QED) is 0.307. The fourth-order valence-corrected chi connectivity index (χ4v) is 3.53. The highest BCUT2D eigenvalue weighted by atomic mass is 79.9. The van der Waals surface area contributed by atoms with Crippen molar-refractivity contribution in [2.75, 3.05) is 7.11 Å². The van der Waals surface area contributed by atoms with Gasteiger partial charge in [0.05, 0.1) is 12.7 Å². The Bertz CT molecular complexity index is 1190. The van der Waals surface area contributed by atoms with Gasteiger partial charge in [-0.15, -0.1) is 0 Å². The molecule has 0 saturated carbocycles. The Labute approximate surface area is 193 Å². The van der Waals surface area contributed by atoms with E-state index in [1.807, 2.05) is 54.6 Å². The van der Waals surface area contributed by atoms with E-state index in [4.69, 9.17) is 25.8 Å². The molecule has 1 heterocycles. The zero-order valence-corrected chi connectivity index (χ0v) is 18.8. The minimum atomic E-state index is -0.507. The van der Waals surface area contributed by atoms with Crippen LogP contribution in [-0.2, 0) is 16.1 Å². The number of halogens is 2. The lowest BCUT2D eigenvalue weighted by Crippen LogP contribution is -2.05. The van der Waals surface area contributed by atoms with Crippen molar-refractivity contribution in [3.63, 3.8) is 0 Å². The number of rotatable bonds is 6. The molecule has 7 heteroatoms. The summed E-state index contributed by atoms with van der Waals surface area (Å²) in [5.74, 6) is 0.891. The number of carbonyl (C=O) groups excluding carboxylic acids is 1. The summed E-state index contributed by atoms with van der Waals surface area (Å²) < 4.78 is 17.5. The van der Waals surface area contributed by atoms with E-state index in [0.717, 1.165) is 15.6 Å². The summed E-state index contributed by atoms with van der Waals surface area (Å²) in [6.07, 6.45) is 1.65. The third kappa shape index (κ3) is 4.98. The van der Waals surface area contributed by atoms with Crippen molar-refractivity contribution in [3.8, 4) is 11.5 Å². The number of carbonyl (C=O) groups is 1. The Morgan fingerprint density at radius 3 is 2.58 bits per heavy atom. The van der Waals surface area contributed by atoms with E-state index in [-0.39, 0.29) is 11.6 Å². The number of hydrogen-bond donors (Lipinski definition) is 0. The van der Waals surface area contributed by atoms with E-state index in [1.54, 1.807) is 25.3 Å². The lowest BCUT2D eigenvalue weighted by Gasteiger charge is -2.11. The Morgan fingerprint density at radius 2 is 1.84 bits per heavy atom. The lowest BCUT2D eigenvalue weighted by molar-refractivity contribution is -0.129. The van der Waals surface area contributed by atoms with Gasteiger partial charge in [-0.1, -0.05) is 41.9 Å². The Hall–Kier alpha value is -3.09. The van der Waals surface area contributed by atoms with E-state index >= 15 is 0 Å². The maximum absolute atomic E-state index is 12.3. The van der Waals surface area contributed by atoms with E-state index in [0.29, 0.717) is 28.7 Å². The van der Waals surface area contributed by atoms with Crippen LogP contribution < -0.4 is 9.47 Å². The Morgan fingerprint density at radius 1 is 1.06 bits per heavy atom. The van der Waals surface area contributed by atoms with Crippen molar-refractivity contribution >= 4 is 45.5 Å². The average Bonchev–Trinajstić information content (AvgIpc) is 3.14. The highest BCUT2D eigenvalue weighted by Crippen LogP contribution is 2.31. The second kappa shape index (κ2) is 9.37. The van der Waals surface area contributed by atoms with Crippen LogP contribution in [0.3, 0.4) is 0 Å². The highest BCUT2D eigenvalue weighted by Gasteiger charge is 2.25. The summed E-state index contributed by atoms with van der Waals surface area (Å²) >= 11 is 9.36. The molecule has 0 fully saturated rings. The van der Waals surface area contributed by atoms with E-state index in [9.17, 15) is 4.79 Å². The first-order chi connectivity index (χ1) is 15.0. The monoisotopic (exact) mass is 497 g/mol. The van der Waals surface area contributed by atoms with Crippen LogP contribution in [0.15, 0.2) is 81.9 Å². The van der Waals surface area contributed by atoms with Crippen molar-refractivity contribution in [1.82, 2.24) is 0 Å². The van der Waals surface area contributed by atoms with Crippen molar-refractivity contribution in [1.29, 1.82) is 0 Å². The maximum Gasteiger partial charge on any atom is 0.363 e. The molecular weight excluding hydrogens is 482 g/mol. The van der Waals surface area contributed by atoms with Gasteiger partial charge in [-0.05, 0) is 69.5 Å². The number of benzene rings is 3. The minimum absolute atomic E-state index is 0.211. The fourth-order valence-electron chi connectivity index (χ4n) is 2.95. The van der Waals surface area contributed by atoms with Gasteiger partial charge in [-0.3, -0.25) is 0 Å². The SMILES string of the molecule is COc1cc(/C=C2\N=C(c3ccccc3Br)OC2=O)ccc1OCc1ccc(Cl)cc1. The molecule has 3 aromatic carbocycles. The summed E-state index contributed by atoms with van der Waals surface area (Å²) in [4.78, 5) is 16.6. The molecule has 3 aromatic rings. The van der Waals surface area contributed by atoms with Crippen LogP contribution >= 0.6 is 27.5 Å². The molecule has 0 atom stereocenters. The predicted molar refractivity (Wildman–Crippen MR) is 124 cm³/mol. The number of ether oxygens (including phenoxy) is 3. The first kappa shape index (κ1) is 21.2. The van der Waals surface area contributed by atoms with Crippen LogP contribution in [0.25, 0.3) is 6.08 Å². The number of cyclic esters (lactones) is 1. The molecule has 0 radical (unpaired) electrons. The second-order valence-corrected chi connectivity index (χ2v) is 7.93. The molecule has 0 saturated heterocycles. The van der Waals surface area contributed by atoms with Gasteiger partial charge in [0, 0.05) is 9.50 Å². The molecule has 0 aromatic heterocycles. The van der Waals surface area contributed by atoms with Crippen LogP contribution in [0.1, 0.15) is 16.7 Å². The molecule has 0 N–H and O–H groups in total. The normalized spacial score (nSPS) is 14.4. The van der Waals surface area contributed by atoms with Gasteiger partial charge in [-0.25, -0.2) is 9.79 Å². The maximum atomic E-state index is 12.3. The molecule has 0 spiro atoms. The molecule has 5 nitrogen and oxygen atoms in total. The summed E-state index contributed by atoms with van der Waals surface area (Å²) in [5, 5.41) is 0.676. The topological polar surface area (TPSA) is 57.1 Å². The Kier molecular flexibility index (Phi) is 6.39. The third-order valence-corrected chi connectivity index (χ3v) is 5.47.